The number of anilines is 1. The van der Waals surface area contributed by atoms with Gasteiger partial charge in [-0.3, -0.25) is 9.59 Å². The van der Waals surface area contributed by atoms with Crippen LogP contribution in [0.2, 0.25) is 0 Å². The fraction of sp³-hybridized carbons (Fsp3) is 0.278. The van der Waals surface area contributed by atoms with Gasteiger partial charge in [-0.05, 0) is 44.9 Å². The summed E-state index contributed by atoms with van der Waals surface area (Å²) in [5.41, 5.74) is 3.92. The molecule has 1 aromatic carbocycles. The van der Waals surface area contributed by atoms with Crippen LogP contribution in [0.5, 0.6) is 0 Å². The molecule has 24 heavy (non-hydrogen) atoms. The van der Waals surface area contributed by atoms with Crippen LogP contribution in [0.15, 0.2) is 33.6 Å². The van der Waals surface area contributed by atoms with Gasteiger partial charge in [-0.15, -0.1) is 0 Å². The molecule has 2 heterocycles. The second-order valence-corrected chi connectivity index (χ2v) is 5.93. The van der Waals surface area contributed by atoms with Crippen molar-refractivity contribution >= 4 is 22.5 Å². The van der Waals surface area contributed by atoms with Gasteiger partial charge in [0.15, 0.2) is 0 Å². The molecule has 0 unspecified atom stereocenters. The molecule has 0 spiro atoms. The van der Waals surface area contributed by atoms with Gasteiger partial charge in [-0.1, -0.05) is 11.2 Å². The van der Waals surface area contributed by atoms with Crippen LogP contribution in [-0.4, -0.2) is 16.0 Å². The van der Waals surface area contributed by atoms with Crippen LogP contribution in [-0.2, 0) is 11.2 Å². The number of pyridine rings is 1. The van der Waals surface area contributed by atoms with Gasteiger partial charge < -0.3 is 14.8 Å². The Hall–Kier alpha value is -2.89. The lowest BCUT2D eigenvalue weighted by molar-refractivity contribution is -0.116. The third-order valence-corrected chi connectivity index (χ3v) is 4.12. The molecule has 124 valence electrons. The molecule has 0 radical (unpaired) electrons. The van der Waals surface area contributed by atoms with Gasteiger partial charge in [0.05, 0.1) is 11.2 Å². The number of carbonyl (C=O) groups is 1. The Labute approximate surface area is 138 Å². The summed E-state index contributed by atoms with van der Waals surface area (Å²) >= 11 is 0. The molecule has 1 amide bonds. The molecular weight excluding hydrogens is 306 g/mol. The molecule has 6 heteroatoms. The fourth-order valence-electron chi connectivity index (χ4n) is 2.83. The summed E-state index contributed by atoms with van der Waals surface area (Å²) in [6.45, 7) is 5.60. The lowest BCUT2D eigenvalue weighted by Gasteiger charge is -2.08. The van der Waals surface area contributed by atoms with E-state index in [0.717, 1.165) is 28.0 Å². The van der Waals surface area contributed by atoms with E-state index in [1.807, 2.05) is 32.9 Å². The Morgan fingerprint density at radius 3 is 2.75 bits per heavy atom. The number of hydrogen-bond acceptors (Lipinski definition) is 4. The fourth-order valence-corrected chi connectivity index (χ4v) is 2.83. The molecule has 0 aliphatic heterocycles. The minimum atomic E-state index is -0.151. The number of nitrogens with zero attached hydrogens (tertiary/aromatic N) is 1. The first-order valence-corrected chi connectivity index (χ1v) is 7.79. The minimum absolute atomic E-state index is 0.0932. The van der Waals surface area contributed by atoms with E-state index in [2.05, 4.69) is 15.5 Å². The molecule has 6 nitrogen and oxygen atoms in total. The monoisotopic (exact) mass is 325 g/mol. The largest absolute Gasteiger partial charge is 0.361 e. The van der Waals surface area contributed by atoms with Crippen molar-refractivity contribution in [1.82, 2.24) is 10.1 Å². The molecule has 0 fully saturated rings. The zero-order valence-electron chi connectivity index (χ0n) is 13.9. The van der Waals surface area contributed by atoms with Crippen LogP contribution < -0.4 is 10.9 Å². The highest BCUT2D eigenvalue weighted by atomic mass is 16.5. The Morgan fingerprint density at radius 1 is 1.25 bits per heavy atom. The molecule has 0 saturated heterocycles. The summed E-state index contributed by atoms with van der Waals surface area (Å²) in [6.07, 6.45) is 0.918. The van der Waals surface area contributed by atoms with E-state index >= 15 is 0 Å². The second kappa shape index (κ2) is 6.31. The molecule has 2 N–H and O–H groups in total. The lowest BCUT2D eigenvalue weighted by atomic mass is 10.1. The maximum Gasteiger partial charge on any atom is 0.248 e. The van der Waals surface area contributed by atoms with Crippen molar-refractivity contribution in [2.75, 3.05) is 5.32 Å². The molecule has 0 atom stereocenters. The lowest BCUT2D eigenvalue weighted by Crippen LogP contribution is -2.13. The highest BCUT2D eigenvalue weighted by Gasteiger charge is 2.11. The number of aromatic amines is 1. The highest BCUT2D eigenvalue weighted by Crippen LogP contribution is 2.20. The zero-order valence-corrected chi connectivity index (χ0v) is 13.9. The van der Waals surface area contributed by atoms with Crippen LogP contribution in [0.3, 0.4) is 0 Å². The van der Waals surface area contributed by atoms with E-state index in [1.54, 1.807) is 12.1 Å². The van der Waals surface area contributed by atoms with Crippen LogP contribution in [0.25, 0.3) is 10.9 Å². The summed E-state index contributed by atoms with van der Waals surface area (Å²) in [5.74, 6) is 0.656. The first-order chi connectivity index (χ1) is 11.4. The van der Waals surface area contributed by atoms with E-state index in [-0.39, 0.29) is 11.5 Å². The van der Waals surface area contributed by atoms with E-state index < -0.39 is 0 Å². The normalized spacial score (nSPS) is 11.0. The minimum Gasteiger partial charge on any atom is -0.361 e. The maximum atomic E-state index is 12.2. The first-order valence-electron chi connectivity index (χ1n) is 7.79. The number of nitrogens with one attached hydrogen (secondary N) is 2. The van der Waals surface area contributed by atoms with Gasteiger partial charge in [0.25, 0.3) is 0 Å². The smallest absolute Gasteiger partial charge is 0.248 e. The summed E-state index contributed by atoms with van der Waals surface area (Å²) in [6, 6.07) is 7.06. The van der Waals surface area contributed by atoms with Crippen molar-refractivity contribution in [3.05, 3.63) is 57.2 Å². The number of rotatable bonds is 4. The average Bonchev–Trinajstić information content (AvgIpc) is 2.83. The Bertz CT molecular complexity index is 950. The van der Waals surface area contributed by atoms with E-state index in [0.29, 0.717) is 24.0 Å². The SMILES string of the molecule is Cc1noc(C)c1CCC(=O)Nc1ccc2c(C)cc(=O)[nH]c2c1. The van der Waals surface area contributed by atoms with Crippen molar-refractivity contribution in [2.24, 2.45) is 0 Å². The zero-order chi connectivity index (χ0) is 17.3. The first kappa shape index (κ1) is 16.0. The number of aryl methyl sites for hydroxylation is 3. The highest BCUT2D eigenvalue weighted by molar-refractivity contribution is 5.94. The Balaban J connectivity index is 1.72. The van der Waals surface area contributed by atoms with E-state index in [4.69, 9.17) is 4.52 Å². The molecule has 3 aromatic rings. The van der Waals surface area contributed by atoms with Crippen molar-refractivity contribution in [1.29, 1.82) is 0 Å². The van der Waals surface area contributed by atoms with Gasteiger partial charge in [0.1, 0.15) is 5.76 Å². The number of H-pyrrole nitrogens is 1. The van der Waals surface area contributed by atoms with Crippen molar-refractivity contribution in [3.8, 4) is 0 Å². The number of fused-ring (bicyclic) bond motifs is 1. The molecule has 0 aliphatic carbocycles. The van der Waals surface area contributed by atoms with Crippen LogP contribution in [0.1, 0.15) is 29.0 Å². The summed E-state index contributed by atoms with van der Waals surface area (Å²) < 4.78 is 5.10. The Morgan fingerprint density at radius 2 is 2.04 bits per heavy atom. The van der Waals surface area contributed by atoms with Gasteiger partial charge >= 0.3 is 0 Å². The number of amides is 1. The number of benzene rings is 1. The average molecular weight is 325 g/mol. The van der Waals surface area contributed by atoms with E-state index in [9.17, 15) is 9.59 Å². The molecular formula is C18H19N3O3. The number of aromatic nitrogens is 2. The van der Waals surface area contributed by atoms with Crippen molar-refractivity contribution in [2.45, 2.75) is 33.6 Å². The van der Waals surface area contributed by atoms with E-state index in [1.165, 1.54) is 0 Å². The summed E-state index contributed by atoms with van der Waals surface area (Å²) in [4.78, 5) is 26.5. The quantitative estimate of drug-likeness (QED) is 0.772. The molecule has 0 aliphatic rings. The maximum absolute atomic E-state index is 12.2. The second-order valence-electron chi connectivity index (χ2n) is 5.93. The summed E-state index contributed by atoms with van der Waals surface area (Å²) in [5, 5.41) is 7.71. The number of carbonyl (C=O) groups excluding carboxylic acids is 1. The third kappa shape index (κ3) is 3.22. The van der Waals surface area contributed by atoms with Crippen LogP contribution in [0.4, 0.5) is 5.69 Å². The predicted molar refractivity (Wildman–Crippen MR) is 92.2 cm³/mol. The van der Waals surface area contributed by atoms with Crippen molar-refractivity contribution in [3.63, 3.8) is 0 Å². The molecule has 0 bridgehead atoms. The standard InChI is InChI=1S/C18H19N3O3/c1-10-8-18(23)20-16-9-13(4-5-14(10)16)19-17(22)7-6-15-11(2)21-24-12(15)3/h4-5,8-9H,6-7H2,1-3H3,(H,19,22)(H,20,23). The third-order valence-electron chi connectivity index (χ3n) is 4.12. The topological polar surface area (TPSA) is 88.0 Å². The van der Waals surface area contributed by atoms with Gasteiger partial charge in [0.2, 0.25) is 11.5 Å². The van der Waals surface area contributed by atoms with Crippen LogP contribution in [0, 0.1) is 20.8 Å². The van der Waals surface area contributed by atoms with Crippen molar-refractivity contribution < 1.29 is 9.32 Å². The predicted octanol–water partition coefficient (Wildman–Crippen LogP) is 3.01. The molecule has 3 rings (SSSR count). The molecule has 0 saturated carbocycles. The van der Waals surface area contributed by atoms with Gasteiger partial charge in [-0.25, -0.2) is 0 Å². The van der Waals surface area contributed by atoms with Gasteiger partial charge in [-0.2, -0.15) is 0 Å². The number of hydrogen-bond donors (Lipinski definition) is 2. The summed E-state index contributed by atoms with van der Waals surface area (Å²) in [7, 11) is 0. The van der Waals surface area contributed by atoms with Crippen LogP contribution >= 0.6 is 0 Å². The van der Waals surface area contributed by atoms with Gasteiger partial charge in [0, 0.05) is 29.1 Å². The Kier molecular flexibility index (Phi) is 4.20. The molecule has 2 aromatic heterocycles.